The minimum Gasteiger partial charge on any atom is -0.348 e. The van der Waals surface area contributed by atoms with Crippen molar-refractivity contribution in [2.45, 2.75) is 58.2 Å². The number of aryl methyl sites for hydroxylation is 1. The van der Waals surface area contributed by atoms with Crippen LogP contribution in [0.3, 0.4) is 0 Å². The van der Waals surface area contributed by atoms with Gasteiger partial charge in [0.25, 0.3) is 5.91 Å². The first-order chi connectivity index (χ1) is 13.7. The Bertz CT molecular complexity index is 945. The molecule has 1 saturated carbocycles. The van der Waals surface area contributed by atoms with Gasteiger partial charge in [-0.1, -0.05) is 25.5 Å². The summed E-state index contributed by atoms with van der Waals surface area (Å²) in [7, 11) is 0. The van der Waals surface area contributed by atoms with Crippen LogP contribution in [-0.4, -0.2) is 21.7 Å². The number of carbonyl (C=O) groups excluding carboxylic acids is 1. The van der Waals surface area contributed by atoms with Gasteiger partial charge in [0, 0.05) is 17.8 Å². The molecular weight excluding hydrogens is 383 g/mol. The van der Waals surface area contributed by atoms with Crippen LogP contribution in [0.5, 0.6) is 0 Å². The van der Waals surface area contributed by atoms with Crippen molar-refractivity contribution in [3.05, 3.63) is 57.5 Å². The van der Waals surface area contributed by atoms with E-state index in [1.807, 2.05) is 0 Å². The molecule has 5 nitrogen and oxygen atoms in total. The van der Waals surface area contributed by atoms with E-state index in [-0.39, 0.29) is 17.4 Å². The highest BCUT2D eigenvalue weighted by Crippen LogP contribution is 2.33. The van der Waals surface area contributed by atoms with Gasteiger partial charge in [0.1, 0.15) is 0 Å². The summed E-state index contributed by atoms with van der Waals surface area (Å²) in [5.74, 6) is 0.00457. The molecule has 1 aliphatic rings. The lowest BCUT2D eigenvalue weighted by Gasteiger charge is -2.28. The van der Waals surface area contributed by atoms with Crippen molar-refractivity contribution in [3.8, 4) is 5.69 Å². The first-order valence-corrected chi connectivity index (χ1v) is 9.79. The maximum atomic E-state index is 13.4. The Hall–Kier alpha value is -2.64. The summed E-state index contributed by atoms with van der Waals surface area (Å²) in [6.07, 6.45) is 0.165. The normalized spacial score (nSPS) is 19.8. The lowest BCUT2D eigenvalue weighted by molar-refractivity contribution is -0.137. The fourth-order valence-corrected chi connectivity index (χ4v) is 3.82. The number of halogens is 3. The topological polar surface area (TPSA) is 64.0 Å². The van der Waals surface area contributed by atoms with E-state index in [0.717, 1.165) is 48.9 Å². The number of para-hydroxylation sites is 1. The van der Waals surface area contributed by atoms with Gasteiger partial charge in [-0.3, -0.25) is 9.59 Å². The summed E-state index contributed by atoms with van der Waals surface area (Å²) in [5, 5.41) is 6.83. The summed E-state index contributed by atoms with van der Waals surface area (Å²) >= 11 is 0. The largest absolute Gasteiger partial charge is 0.418 e. The van der Waals surface area contributed by atoms with Crippen LogP contribution in [-0.2, 0) is 6.18 Å². The van der Waals surface area contributed by atoms with E-state index >= 15 is 0 Å². The van der Waals surface area contributed by atoms with Gasteiger partial charge < -0.3 is 5.32 Å². The van der Waals surface area contributed by atoms with E-state index in [0.29, 0.717) is 5.92 Å². The number of benzene rings is 1. The summed E-state index contributed by atoms with van der Waals surface area (Å²) in [6.45, 7) is 3.62. The van der Waals surface area contributed by atoms with Crippen molar-refractivity contribution in [1.29, 1.82) is 0 Å². The van der Waals surface area contributed by atoms with Gasteiger partial charge in [0.05, 0.1) is 11.3 Å². The van der Waals surface area contributed by atoms with Gasteiger partial charge in [-0.25, -0.2) is 4.68 Å². The van der Waals surface area contributed by atoms with E-state index in [1.54, 1.807) is 0 Å². The number of carbonyl (C=O) groups is 1. The molecule has 1 N–H and O–H groups in total. The van der Waals surface area contributed by atoms with E-state index in [9.17, 15) is 22.8 Å². The Morgan fingerprint density at radius 2 is 1.86 bits per heavy atom. The number of nitrogens with one attached hydrogen (secondary N) is 1. The van der Waals surface area contributed by atoms with Gasteiger partial charge in [-0.2, -0.15) is 18.3 Å². The maximum absolute atomic E-state index is 13.4. The molecule has 0 radical (unpaired) electrons. The van der Waals surface area contributed by atoms with Gasteiger partial charge in [-0.15, -0.1) is 0 Å². The molecule has 0 spiro atoms. The molecule has 1 aliphatic carbocycles. The number of alkyl halides is 3. The Morgan fingerprint density at radius 3 is 2.48 bits per heavy atom. The van der Waals surface area contributed by atoms with Gasteiger partial charge in [0.2, 0.25) is 5.43 Å². The van der Waals surface area contributed by atoms with E-state index in [2.05, 4.69) is 17.3 Å². The molecule has 0 atom stereocenters. The van der Waals surface area contributed by atoms with Gasteiger partial charge in [0.15, 0.2) is 5.69 Å². The summed E-state index contributed by atoms with van der Waals surface area (Å²) in [6, 6.07) is 6.04. The molecule has 1 aromatic carbocycles. The summed E-state index contributed by atoms with van der Waals surface area (Å²) in [5.41, 5.74) is -1.90. The third-order valence-electron chi connectivity index (χ3n) is 5.52. The van der Waals surface area contributed by atoms with Crippen molar-refractivity contribution >= 4 is 5.91 Å². The molecule has 1 heterocycles. The fraction of sp³-hybridized carbons (Fsp3) is 0.476. The molecule has 1 aromatic heterocycles. The molecule has 8 heteroatoms. The van der Waals surface area contributed by atoms with Crippen LogP contribution in [0.15, 0.2) is 35.1 Å². The molecule has 1 amide bonds. The smallest absolute Gasteiger partial charge is 0.348 e. The highest BCUT2D eigenvalue weighted by atomic mass is 19.4. The number of aromatic nitrogens is 2. The van der Waals surface area contributed by atoms with Crippen molar-refractivity contribution in [2.24, 2.45) is 5.92 Å². The monoisotopic (exact) mass is 407 g/mol. The zero-order valence-corrected chi connectivity index (χ0v) is 16.4. The number of hydrogen-bond acceptors (Lipinski definition) is 3. The molecule has 29 heavy (non-hydrogen) atoms. The third-order valence-corrected chi connectivity index (χ3v) is 5.52. The number of rotatable bonds is 4. The predicted molar refractivity (Wildman–Crippen MR) is 103 cm³/mol. The molecule has 1 fully saturated rings. The minimum atomic E-state index is -4.59. The second kappa shape index (κ2) is 8.39. The van der Waals surface area contributed by atoms with Crippen LogP contribution in [0, 0.1) is 12.8 Å². The van der Waals surface area contributed by atoms with Crippen LogP contribution >= 0.6 is 0 Å². The van der Waals surface area contributed by atoms with Gasteiger partial charge >= 0.3 is 6.18 Å². The molecule has 156 valence electrons. The molecule has 3 rings (SSSR count). The lowest BCUT2D eigenvalue weighted by atomic mass is 9.84. The minimum absolute atomic E-state index is 0.0521. The lowest BCUT2D eigenvalue weighted by Crippen LogP contribution is -2.40. The molecule has 0 bridgehead atoms. The van der Waals surface area contributed by atoms with Crippen LogP contribution in [0.25, 0.3) is 5.69 Å². The van der Waals surface area contributed by atoms with Crippen LogP contribution in [0.2, 0.25) is 0 Å². The highest BCUT2D eigenvalue weighted by molar-refractivity contribution is 5.92. The predicted octanol–water partition coefficient (Wildman–Crippen LogP) is 4.26. The van der Waals surface area contributed by atoms with Crippen molar-refractivity contribution in [3.63, 3.8) is 0 Å². The first kappa shape index (κ1) is 21.1. The second-order valence-electron chi connectivity index (χ2n) is 7.52. The highest BCUT2D eigenvalue weighted by Gasteiger charge is 2.34. The Labute approximate surface area is 166 Å². The Kier molecular flexibility index (Phi) is 6.10. The summed E-state index contributed by atoms with van der Waals surface area (Å²) < 4.78 is 41.2. The average Bonchev–Trinajstić information content (AvgIpc) is 2.68. The molecule has 0 unspecified atom stereocenters. The number of hydrogen-bond donors (Lipinski definition) is 1. The Balaban J connectivity index is 1.91. The molecule has 0 saturated heterocycles. The molecular formula is C21H24F3N3O2. The van der Waals surface area contributed by atoms with Crippen molar-refractivity contribution in [2.75, 3.05) is 0 Å². The number of nitrogens with zero attached hydrogens (tertiary/aromatic N) is 2. The molecule has 2 aromatic rings. The fourth-order valence-electron chi connectivity index (χ4n) is 3.82. The second-order valence-corrected chi connectivity index (χ2v) is 7.52. The van der Waals surface area contributed by atoms with Crippen molar-refractivity contribution in [1.82, 2.24) is 15.1 Å². The zero-order valence-electron chi connectivity index (χ0n) is 16.4. The molecule has 0 aliphatic heterocycles. The van der Waals surface area contributed by atoms with Crippen molar-refractivity contribution < 1.29 is 18.0 Å². The SMILES string of the molecule is CCC1CCC(NC(=O)c2nn(-c3ccccc3C(F)(F)F)c(C)cc2=O)CC1. The standard InChI is InChI=1S/C21H24F3N3O2/c1-3-14-8-10-15(11-9-14)25-20(29)19-18(28)12-13(2)27(26-19)17-7-5-4-6-16(17)21(22,23)24/h4-7,12,14-15H,3,8-11H2,1-2H3,(H,25,29). The third kappa shape index (κ3) is 4.68. The summed E-state index contributed by atoms with van der Waals surface area (Å²) in [4.78, 5) is 25.0. The Morgan fingerprint density at radius 1 is 1.21 bits per heavy atom. The quantitative estimate of drug-likeness (QED) is 0.824. The number of amides is 1. The van der Waals surface area contributed by atoms with E-state index in [1.165, 1.54) is 25.1 Å². The zero-order chi connectivity index (χ0) is 21.2. The first-order valence-electron chi connectivity index (χ1n) is 9.79. The van der Waals surface area contributed by atoms with Crippen LogP contribution < -0.4 is 10.7 Å². The average molecular weight is 407 g/mol. The maximum Gasteiger partial charge on any atom is 0.418 e. The van der Waals surface area contributed by atoms with Gasteiger partial charge in [-0.05, 0) is 50.7 Å². The van der Waals surface area contributed by atoms with E-state index in [4.69, 9.17) is 0 Å². The van der Waals surface area contributed by atoms with E-state index < -0.39 is 28.8 Å². The van der Waals surface area contributed by atoms with Crippen LogP contribution in [0.4, 0.5) is 13.2 Å². The van der Waals surface area contributed by atoms with Crippen LogP contribution in [0.1, 0.15) is 60.8 Å².